The van der Waals surface area contributed by atoms with E-state index in [0.717, 1.165) is 13.1 Å². The first kappa shape index (κ1) is 12.6. The number of carbonyl (C=O) groups is 1. The molecule has 18 heavy (non-hydrogen) atoms. The standard InChI is InChI=1S/C14H16N3O/c1-10-6-13(9-16-8-10)17-14(18)12-4-2-11(7-15)3-5-12/h2-6,10,13,16H,8-9H2,1H3,(H,17,18). The van der Waals surface area contributed by atoms with Crippen LogP contribution in [-0.4, -0.2) is 25.0 Å². The maximum Gasteiger partial charge on any atom is 0.251 e. The van der Waals surface area contributed by atoms with Gasteiger partial charge in [0.15, 0.2) is 0 Å². The molecule has 1 saturated heterocycles. The number of carbonyl (C=O) groups excluding carboxylic acids is 1. The largest absolute Gasteiger partial charge is 0.348 e. The molecule has 1 amide bonds. The maximum atomic E-state index is 12.0. The first-order chi connectivity index (χ1) is 8.69. The molecular formula is C14H16N3O. The SMILES string of the molecule is CC1[CH]C(NC(=O)c2ccc(C#N)cc2)CNC1. The lowest BCUT2D eigenvalue weighted by molar-refractivity contribution is 0.0937. The minimum absolute atomic E-state index is 0.0666. The van der Waals surface area contributed by atoms with E-state index in [1.54, 1.807) is 24.3 Å². The van der Waals surface area contributed by atoms with Gasteiger partial charge in [0.2, 0.25) is 0 Å². The number of rotatable bonds is 2. The van der Waals surface area contributed by atoms with Crippen molar-refractivity contribution in [2.45, 2.75) is 13.0 Å². The number of nitrogens with zero attached hydrogens (tertiary/aromatic N) is 1. The van der Waals surface area contributed by atoms with Crippen LogP contribution in [0, 0.1) is 23.7 Å². The van der Waals surface area contributed by atoms with Crippen LogP contribution in [0.3, 0.4) is 0 Å². The van der Waals surface area contributed by atoms with Gasteiger partial charge >= 0.3 is 0 Å². The predicted molar refractivity (Wildman–Crippen MR) is 68.7 cm³/mol. The van der Waals surface area contributed by atoms with Gasteiger partial charge in [-0.05, 0) is 43.1 Å². The minimum atomic E-state index is -0.100. The molecule has 0 saturated carbocycles. The van der Waals surface area contributed by atoms with E-state index in [0.29, 0.717) is 17.0 Å². The van der Waals surface area contributed by atoms with Gasteiger partial charge < -0.3 is 10.6 Å². The van der Waals surface area contributed by atoms with E-state index in [-0.39, 0.29) is 11.9 Å². The first-order valence-corrected chi connectivity index (χ1v) is 6.06. The van der Waals surface area contributed by atoms with Crippen molar-refractivity contribution < 1.29 is 4.79 Å². The lowest BCUT2D eigenvalue weighted by Gasteiger charge is -2.28. The van der Waals surface area contributed by atoms with Crippen molar-refractivity contribution in [1.82, 2.24) is 10.6 Å². The van der Waals surface area contributed by atoms with Crippen molar-refractivity contribution in [2.75, 3.05) is 13.1 Å². The summed E-state index contributed by atoms with van der Waals surface area (Å²) in [7, 11) is 0. The van der Waals surface area contributed by atoms with E-state index in [4.69, 9.17) is 5.26 Å². The van der Waals surface area contributed by atoms with Gasteiger partial charge in [-0.25, -0.2) is 0 Å². The smallest absolute Gasteiger partial charge is 0.251 e. The highest BCUT2D eigenvalue weighted by Gasteiger charge is 2.20. The van der Waals surface area contributed by atoms with Gasteiger partial charge in [-0.2, -0.15) is 5.26 Å². The van der Waals surface area contributed by atoms with Crippen LogP contribution in [0.5, 0.6) is 0 Å². The predicted octanol–water partition coefficient (Wildman–Crippen LogP) is 1.10. The van der Waals surface area contributed by atoms with Crippen LogP contribution in [0.1, 0.15) is 22.8 Å². The molecule has 0 bridgehead atoms. The average molecular weight is 242 g/mol. The lowest BCUT2D eigenvalue weighted by atomic mass is 9.97. The third-order valence-corrected chi connectivity index (χ3v) is 2.98. The molecule has 2 unspecified atom stereocenters. The van der Waals surface area contributed by atoms with Gasteiger partial charge in [0, 0.05) is 18.2 Å². The number of hydrogen-bond donors (Lipinski definition) is 2. The molecule has 1 aromatic carbocycles. The highest BCUT2D eigenvalue weighted by atomic mass is 16.1. The Balaban J connectivity index is 1.96. The highest BCUT2D eigenvalue weighted by molar-refractivity contribution is 5.94. The Bertz CT molecular complexity index is 461. The third kappa shape index (κ3) is 3.08. The van der Waals surface area contributed by atoms with E-state index in [9.17, 15) is 4.79 Å². The van der Waals surface area contributed by atoms with Gasteiger partial charge in [-0.3, -0.25) is 4.79 Å². The number of benzene rings is 1. The Kier molecular flexibility index (Phi) is 3.96. The Morgan fingerprint density at radius 1 is 1.39 bits per heavy atom. The molecule has 1 aromatic rings. The molecule has 1 aliphatic rings. The molecule has 1 fully saturated rings. The van der Waals surface area contributed by atoms with Gasteiger partial charge in [-0.15, -0.1) is 0 Å². The molecule has 2 atom stereocenters. The second-order valence-corrected chi connectivity index (χ2v) is 4.60. The van der Waals surface area contributed by atoms with E-state index < -0.39 is 0 Å². The lowest BCUT2D eigenvalue weighted by Crippen LogP contribution is -2.48. The fourth-order valence-electron chi connectivity index (χ4n) is 2.05. The quantitative estimate of drug-likeness (QED) is 0.816. The van der Waals surface area contributed by atoms with Crippen LogP contribution >= 0.6 is 0 Å². The van der Waals surface area contributed by atoms with Crippen LogP contribution < -0.4 is 10.6 Å². The number of nitrogens with one attached hydrogen (secondary N) is 2. The molecule has 4 heteroatoms. The summed E-state index contributed by atoms with van der Waals surface area (Å²) >= 11 is 0. The van der Waals surface area contributed by atoms with Crippen LogP contribution in [0.15, 0.2) is 24.3 Å². The summed E-state index contributed by atoms with van der Waals surface area (Å²) in [6.07, 6.45) is 2.15. The molecule has 1 radical (unpaired) electrons. The summed E-state index contributed by atoms with van der Waals surface area (Å²) in [5.41, 5.74) is 1.15. The molecule has 0 aromatic heterocycles. The van der Waals surface area contributed by atoms with Crippen molar-refractivity contribution in [3.8, 4) is 6.07 Å². The molecular weight excluding hydrogens is 226 g/mol. The monoisotopic (exact) mass is 242 g/mol. The molecule has 93 valence electrons. The highest BCUT2D eigenvalue weighted by Crippen LogP contribution is 2.09. The minimum Gasteiger partial charge on any atom is -0.348 e. The summed E-state index contributed by atoms with van der Waals surface area (Å²) in [6, 6.07) is 8.75. The summed E-state index contributed by atoms with van der Waals surface area (Å²) in [5.74, 6) is 0.363. The van der Waals surface area contributed by atoms with E-state index in [1.165, 1.54) is 0 Å². The molecule has 2 rings (SSSR count). The van der Waals surface area contributed by atoms with E-state index in [1.807, 2.05) is 6.07 Å². The second kappa shape index (κ2) is 5.65. The summed E-state index contributed by atoms with van der Waals surface area (Å²) < 4.78 is 0. The number of nitriles is 1. The number of piperidine rings is 1. The second-order valence-electron chi connectivity index (χ2n) is 4.60. The molecule has 0 spiro atoms. The average Bonchev–Trinajstić information content (AvgIpc) is 2.39. The summed E-state index contributed by atoms with van der Waals surface area (Å²) in [5, 5.41) is 14.9. The first-order valence-electron chi connectivity index (χ1n) is 6.06. The zero-order valence-corrected chi connectivity index (χ0v) is 10.3. The van der Waals surface area contributed by atoms with Crippen LogP contribution in [0.25, 0.3) is 0 Å². The Morgan fingerprint density at radius 2 is 2.11 bits per heavy atom. The summed E-state index contributed by atoms with van der Waals surface area (Å²) in [4.78, 5) is 12.0. The zero-order chi connectivity index (χ0) is 13.0. The fraction of sp³-hybridized carbons (Fsp3) is 0.357. The molecule has 1 aliphatic heterocycles. The van der Waals surface area contributed by atoms with Crippen LogP contribution in [0.2, 0.25) is 0 Å². The van der Waals surface area contributed by atoms with Gasteiger partial charge in [0.1, 0.15) is 0 Å². The van der Waals surface area contributed by atoms with Crippen LogP contribution in [-0.2, 0) is 0 Å². The fourth-order valence-corrected chi connectivity index (χ4v) is 2.05. The summed E-state index contributed by atoms with van der Waals surface area (Å²) in [6.45, 7) is 3.85. The molecule has 4 nitrogen and oxygen atoms in total. The Hall–Kier alpha value is -1.86. The third-order valence-electron chi connectivity index (χ3n) is 2.98. The molecule has 1 heterocycles. The van der Waals surface area contributed by atoms with Crippen molar-refractivity contribution in [2.24, 2.45) is 5.92 Å². The topological polar surface area (TPSA) is 64.9 Å². The van der Waals surface area contributed by atoms with Gasteiger partial charge in [0.05, 0.1) is 11.6 Å². The van der Waals surface area contributed by atoms with E-state index >= 15 is 0 Å². The van der Waals surface area contributed by atoms with Crippen molar-refractivity contribution in [3.63, 3.8) is 0 Å². The molecule has 0 aliphatic carbocycles. The zero-order valence-electron chi connectivity index (χ0n) is 10.3. The number of amides is 1. The maximum absolute atomic E-state index is 12.0. The number of hydrogen-bond acceptors (Lipinski definition) is 3. The van der Waals surface area contributed by atoms with Crippen molar-refractivity contribution in [3.05, 3.63) is 41.8 Å². The molecule has 2 N–H and O–H groups in total. The van der Waals surface area contributed by atoms with Gasteiger partial charge in [0.25, 0.3) is 5.91 Å². The van der Waals surface area contributed by atoms with Crippen LogP contribution in [0.4, 0.5) is 0 Å². The Morgan fingerprint density at radius 3 is 2.72 bits per heavy atom. The normalized spacial score (nSPS) is 23.1. The Labute approximate surface area is 107 Å². The van der Waals surface area contributed by atoms with Crippen molar-refractivity contribution in [1.29, 1.82) is 5.26 Å². The van der Waals surface area contributed by atoms with Gasteiger partial charge in [-0.1, -0.05) is 6.92 Å². The van der Waals surface area contributed by atoms with Crippen molar-refractivity contribution >= 4 is 5.91 Å². The van der Waals surface area contributed by atoms with E-state index in [2.05, 4.69) is 24.0 Å².